The fraction of sp³-hybridized carbons (Fsp3) is 0.538. The van der Waals surface area contributed by atoms with Crippen LogP contribution in [0.3, 0.4) is 0 Å². The summed E-state index contributed by atoms with van der Waals surface area (Å²) in [4.78, 5) is 8.83. The van der Waals surface area contributed by atoms with Crippen molar-refractivity contribution in [3.8, 4) is 11.4 Å². The van der Waals surface area contributed by atoms with E-state index in [-0.39, 0.29) is 0 Å². The molecule has 0 aliphatic rings. The number of halogens is 1. The van der Waals surface area contributed by atoms with Crippen molar-refractivity contribution >= 4 is 21.7 Å². The summed E-state index contributed by atoms with van der Waals surface area (Å²) < 4.78 is 2.44. The Morgan fingerprint density at radius 3 is 2.65 bits per heavy atom. The summed E-state index contributed by atoms with van der Waals surface area (Å²) in [5.41, 5.74) is 2.89. The van der Waals surface area contributed by atoms with Crippen LogP contribution in [0.2, 0.25) is 0 Å². The minimum absolute atomic E-state index is 0.706. The smallest absolute Gasteiger partial charge is 0.157 e. The van der Waals surface area contributed by atoms with Crippen molar-refractivity contribution in [1.82, 2.24) is 25.0 Å². The Labute approximate surface area is 127 Å². The van der Waals surface area contributed by atoms with Gasteiger partial charge in [0, 0.05) is 19.2 Å². The van der Waals surface area contributed by atoms with Crippen molar-refractivity contribution in [1.29, 1.82) is 0 Å². The number of aromatic nitrogens is 5. The second-order valence-corrected chi connectivity index (χ2v) is 5.33. The van der Waals surface area contributed by atoms with Gasteiger partial charge >= 0.3 is 0 Å². The van der Waals surface area contributed by atoms with Crippen LogP contribution in [0.1, 0.15) is 32.3 Å². The summed E-state index contributed by atoms with van der Waals surface area (Å²) >= 11 is 3.44. The van der Waals surface area contributed by atoms with E-state index in [0.29, 0.717) is 4.60 Å². The topological polar surface area (TPSA) is 68.5 Å². The van der Waals surface area contributed by atoms with E-state index in [9.17, 15) is 0 Å². The van der Waals surface area contributed by atoms with Crippen molar-refractivity contribution in [3.05, 3.63) is 16.5 Å². The predicted molar refractivity (Wildman–Crippen MR) is 82.5 cm³/mol. The molecule has 0 spiro atoms. The Kier molecular flexibility index (Phi) is 5.05. The maximum absolute atomic E-state index is 4.45. The zero-order valence-corrected chi connectivity index (χ0v) is 13.6. The summed E-state index contributed by atoms with van der Waals surface area (Å²) in [7, 11) is 1.87. The van der Waals surface area contributed by atoms with Gasteiger partial charge in [0.05, 0.1) is 5.69 Å². The SMILES string of the molecule is CCCNc1ncnc(-c2c(Br)nnn2C)c1CCC. The zero-order chi connectivity index (χ0) is 14.5. The van der Waals surface area contributed by atoms with Crippen LogP contribution in [0.15, 0.2) is 10.9 Å². The molecule has 2 rings (SSSR count). The molecule has 1 N–H and O–H groups in total. The standard InChI is InChI=1S/C13H19BrN6/c1-4-6-9-10(11-12(14)18-19-20(11)3)16-8-17-13(9)15-7-5-2/h8H,4-7H2,1-3H3,(H,15,16,17). The Morgan fingerprint density at radius 2 is 2.05 bits per heavy atom. The highest BCUT2D eigenvalue weighted by Crippen LogP contribution is 2.30. The molecule has 0 amide bonds. The molecule has 7 heteroatoms. The van der Waals surface area contributed by atoms with Gasteiger partial charge < -0.3 is 5.32 Å². The highest BCUT2D eigenvalue weighted by Gasteiger charge is 2.18. The number of aryl methyl sites for hydroxylation is 1. The van der Waals surface area contributed by atoms with Gasteiger partial charge in [0.15, 0.2) is 4.60 Å². The number of hydrogen-bond donors (Lipinski definition) is 1. The van der Waals surface area contributed by atoms with Crippen LogP contribution in [0.5, 0.6) is 0 Å². The van der Waals surface area contributed by atoms with E-state index >= 15 is 0 Å². The highest BCUT2D eigenvalue weighted by atomic mass is 79.9. The van der Waals surface area contributed by atoms with Gasteiger partial charge in [-0.25, -0.2) is 14.6 Å². The molecular formula is C13H19BrN6. The first kappa shape index (κ1) is 14.9. The number of anilines is 1. The van der Waals surface area contributed by atoms with Crippen molar-refractivity contribution in [2.24, 2.45) is 7.05 Å². The highest BCUT2D eigenvalue weighted by molar-refractivity contribution is 9.10. The summed E-state index contributed by atoms with van der Waals surface area (Å²) in [6.45, 7) is 5.19. The molecular weight excluding hydrogens is 320 g/mol. The van der Waals surface area contributed by atoms with Gasteiger partial charge in [0.1, 0.15) is 17.8 Å². The first-order chi connectivity index (χ1) is 9.69. The molecule has 0 saturated carbocycles. The van der Waals surface area contributed by atoms with Gasteiger partial charge in [0.2, 0.25) is 0 Å². The fourth-order valence-corrected chi connectivity index (χ4v) is 2.60. The van der Waals surface area contributed by atoms with Crippen LogP contribution >= 0.6 is 15.9 Å². The Bertz CT molecular complexity index is 561. The Balaban J connectivity index is 2.52. The minimum Gasteiger partial charge on any atom is -0.370 e. The molecule has 0 aliphatic heterocycles. The van der Waals surface area contributed by atoms with E-state index < -0.39 is 0 Å². The average Bonchev–Trinajstić information content (AvgIpc) is 2.77. The van der Waals surface area contributed by atoms with Gasteiger partial charge in [0.25, 0.3) is 0 Å². The molecule has 0 aliphatic carbocycles. The molecule has 0 bridgehead atoms. The fourth-order valence-electron chi connectivity index (χ4n) is 2.08. The quantitative estimate of drug-likeness (QED) is 0.876. The molecule has 108 valence electrons. The van der Waals surface area contributed by atoms with Crippen molar-refractivity contribution in [2.75, 3.05) is 11.9 Å². The average molecular weight is 339 g/mol. The van der Waals surface area contributed by atoms with E-state index in [4.69, 9.17) is 0 Å². The molecule has 0 fully saturated rings. The van der Waals surface area contributed by atoms with Crippen LogP contribution < -0.4 is 5.32 Å². The molecule has 6 nitrogen and oxygen atoms in total. The lowest BCUT2D eigenvalue weighted by atomic mass is 10.1. The van der Waals surface area contributed by atoms with E-state index in [0.717, 1.165) is 48.6 Å². The molecule has 2 aromatic heterocycles. The molecule has 20 heavy (non-hydrogen) atoms. The lowest BCUT2D eigenvalue weighted by Gasteiger charge is -2.13. The van der Waals surface area contributed by atoms with Crippen LogP contribution in [0.4, 0.5) is 5.82 Å². The molecule has 0 atom stereocenters. The number of hydrogen-bond acceptors (Lipinski definition) is 5. The minimum atomic E-state index is 0.706. The Morgan fingerprint density at radius 1 is 1.25 bits per heavy atom. The van der Waals surface area contributed by atoms with Gasteiger partial charge in [-0.1, -0.05) is 25.5 Å². The van der Waals surface area contributed by atoms with Crippen LogP contribution in [0.25, 0.3) is 11.4 Å². The molecule has 0 aromatic carbocycles. The summed E-state index contributed by atoms with van der Waals surface area (Å²) in [5.74, 6) is 0.909. The van der Waals surface area contributed by atoms with Gasteiger partial charge in [-0.2, -0.15) is 0 Å². The van der Waals surface area contributed by atoms with E-state index in [1.165, 1.54) is 0 Å². The maximum atomic E-state index is 4.45. The lowest BCUT2D eigenvalue weighted by Crippen LogP contribution is -2.09. The van der Waals surface area contributed by atoms with Crippen LogP contribution in [-0.4, -0.2) is 31.5 Å². The third-order valence-corrected chi connectivity index (χ3v) is 3.53. The second-order valence-electron chi connectivity index (χ2n) is 4.58. The van der Waals surface area contributed by atoms with Crippen molar-refractivity contribution in [3.63, 3.8) is 0 Å². The van der Waals surface area contributed by atoms with Gasteiger partial charge in [-0.3, -0.25) is 0 Å². The molecule has 0 saturated heterocycles. The van der Waals surface area contributed by atoms with E-state index in [2.05, 4.69) is 55.4 Å². The van der Waals surface area contributed by atoms with E-state index in [1.54, 1.807) is 11.0 Å². The second kappa shape index (κ2) is 6.78. The number of nitrogens with zero attached hydrogens (tertiary/aromatic N) is 5. The first-order valence-corrected chi connectivity index (χ1v) is 7.61. The van der Waals surface area contributed by atoms with Crippen LogP contribution in [0, 0.1) is 0 Å². The summed E-state index contributed by atoms with van der Waals surface area (Å²) in [5, 5.41) is 11.4. The maximum Gasteiger partial charge on any atom is 0.157 e. The summed E-state index contributed by atoms with van der Waals surface area (Å²) in [6, 6.07) is 0. The number of rotatable bonds is 6. The third-order valence-electron chi connectivity index (χ3n) is 3.00. The largest absolute Gasteiger partial charge is 0.370 e. The van der Waals surface area contributed by atoms with Crippen molar-refractivity contribution < 1.29 is 0 Å². The zero-order valence-electron chi connectivity index (χ0n) is 12.0. The normalized spacial score (nSPS) is 10.8. The number of nitrogens with one attached hydrogen (secondary N) is 1. The monoisotopic (exact) mass is 338 g/mol. The lowest BCUT2D eigenvalue weighted by molar-refractivity contribution is 0.717. The van der Waals surface area contributed by atoms with Crippen LogP contribution in [-0.2, 0) is 13.5 Å². The third kappa shape index (κ3) is 2.98. The molecule has 2 heterocycles. The van der Waals surface area contributed by atoms with E-state index in [1.807, 2.05) is 7.05 Å². The van der Waals surface area contributed by atoms with Crippen molar-refractivity contribution in [2.45, 2.75) is 33.1 Å². The predicted octanol–water partition coefficient (Wildman–Crippen LogP) is 2.81. The van der Waals surface area contributed by atoms with Gasteiger partial charge in [-0.15, -0.1) is 5.10 Å². The molecule has 0 radical (unpaired) electrons. The molecule has 2 aromatic rings. The molecule has 0 unspecified atom stereocenters. The first-order valence-electron chi connectivity index (χ1n) is 6.82. The Hall–Kier alpha value is -1.50. The summed E-state index contributed by atoms with van der Waals surface area (Å²) in [6.07, 6.45) is 4.59. The van der Waals surface area contributed by atoms with Gasteiger partial charge in [-0.05, 0) is 28.8 Å².